The lowest BCUT2D eigenvalue weighted by Gasteiger charge is -2.42. The van der Waals surface area contributed by atoms with Crippen LogP contribution in [0.3, 0.4) is 0 Å². The zero-order valence-corrected chi connectivity index (χ0v) is 18.9. The number of fused-ring (bicyclic) bond motifs is 3. The standard InChI is InChI=1S/C24H21ClN4O2S/c1-3-12-32-24-27-23(30)21-16-6-4-5-7-18(16)26-22(29(21)28-24)20-11-10-19(31-20)17-13-15(25)9-8-14(17)2/h3-11,13,21-22,26H,1,12H2,2H3,(H,27,28,30). The largest absolute Gasteiger partial charge is 0.457 e. The molecule has 0 radical (unpaired) electrons. The molecule has 3 aromatic rings. The summed E-state index contributed by atoms with van der Waals surface area (Å²) in [6.07, 6.45) is 1.33. The molecule has 2 aliphatic heterocycles. The molecule has 0 saturated carbocycles. The van der Waals surface area contributed by atoms with E-state index in [2.05, 4.69) is 17.2 Å². The fourth-order valence-corrected chi connectivity index (χ4v) is 4.73. The van der Waals surface area contributed by atoms with Gasteiger partial charge in [-0.3, -0.25) is 4.79 Å². The summed E-state index contributed by atoms with van der Waals surface area (Å²) >= 11 is 7.64. The number of carbonyl (C=O) groups excluding carboxylic acids is 1. The Hall–Kier alpha value is -3.16. The minimum absolute atomic E-state index is 0.122. The number of rotatable bonds is 4. The lowest BCUT2D eigenvalue weighted by Crippen LogP contribution is -2.50. The molecule has 0 spiro atoms. The van der Waals surface area contributed by atoms with Crippen molar-refractivity contribution in [2.24, 2.45) is 5.10 Å². The number of halogens is 1. The van der Waals surface area contributed by atoms with Gasteiger partial charge in [-0.1, -0.05) is 53.7 Å². The van der Waals surface area contributed by atoms with Crippen LogP contribution in [0.5, 0.6) is 0 Å². The summed E-state index contributed by atoms with van der Waals surface area (Å²) in [5, 5.41) is 14.1. The molecule has 3 heterocycles. The Morgan fingerprint density at radius 1 is 1.25 bits per heavy atom. The van der Waals surface area contributed by atoms with E-state index in [1.165, 1.54) is 11.8 Å². The zero-order chi connectivity index (χ0) is 22.2. The van der Waals surface area contributed by atoms with Gasteiger partial charge in [0.25, 0.3) is 5.91 Å². The molecule has 0 saturated heterocycles. The van der Waals surface area contributed by atoms with Gasteiger partial charge in [0.2, 0.25) is 0 Å². The third kappa shape index (κ3) is 3.67. The average Bonchev–Trinajstić information content (AvgIpc) is 3.28. The number of hydrogen-bond acceptors (Lipinski definition) is 6. The lowest BCUT2D eigenvalue weighted by molar-refractivity contribution is -0.127. The van der Waals surface area contributed by atoms with Crippen LogP contribution in [0.25, 0.3) is 11.3 Å². The number of amides is 1. The van der Waals surface area contributed by atoms with Gasteiger partial charge < -0.3 is 15.1 Å². The number of anilines is 1. The van der Waals surface area contributed by atoms with E-state index in [0.717, 1.165) is 22.4 Å². The Kier molecular flexibility index (Phi) is 5.45. The van der Waals surface area contributed by atoms with Gasteiger partial charge in [0.05, 0.1) is 0 Å². The summed E-state index contributed by atoms with van der Waals surface area (Å²) in [7, 11) is 0. The summed E-state index contributed by atoms with van der Waals surface area (Å²) < 4.78 is 6.27. The highest BCUT2D eigenvalue weighted by Gasteiger charge is 2.43. The summed E-state index contributed by atoms with van der Waals surface area (Å²) in [5.74, 6) is 1.89. The van der Waals surface area contributed by atoms with E-state index in [0.29, 0.717) is 27.5 Å². The molecule has 8 heteroatoms. The Morgan fingerprint density at radius 3 is 2.94 bits per heavy atom. The van der Waals surface area contributed by atoms with E-state index in [1.54, 1.807) is 11.1 Å². The lowest BCUT2D eigenvalue weighted by atomic mass is 9.99. The van der Waals surface area contributed by atoms with Crippen LogP contribution in [-0.2, 0) is 4.79 Å². The van der Waals surface area contributed by atoms with Crippen LogP contribution in [0.15, 0.2) is 76.8 Å². The molecule has 2 atom stereocenters. The monoisotopic (exact) mass is 464 g/mol. The first kappa shape index (κ1) is 20.7. The van der Waals surface area contributed by atoms with Crippen molar-refractivity contribution in [2.45, 2.75) is 19.1 Å². The van der Waals surface area contributed by atoms with Gasteiger partial charge in [0, 0.05) is 27.6 Å². The SMILES string of the molecule is C=CCSC1=NN2C(c3ccc(-c4cc(Cl)ccc4C)o3)Nc3ccccc3C2C(=O)N1. The van der Waals surface area contributed by atoms with Crippen LogP contribution >= 0.6 is 23.4 Å². The smallest absolute Gasteiger partial charge is 0.255 e. The normalized spacial score (nSPS) is 19.4. The summed E-state index contributed by atoms with van der Waals surface area (Å²) in [4.78, 5) is 13.1. The Balaban J connectivity index is 1.57. The van der Waals surface area contributed by atoms with Crippen molar-refractivity contribution in [2.75, 3.05) is 11.1 Å². The molecular weight excluding hydrogens is 444 g/mol. The van der Waals surface area contributed by atoms with Gasteiger partial charge in [-0.2, -0.15) is 0 Å². The van der Waals surface area contributed by atoms with Gasteiger partial charge in [-0.15, -0.1) is 11.7 Å². The fraction of sp³-hybridized carbons (Fsp3) is 0.167. The minimum atomic E-state index is -0.563. The van der Waals surface area contributed by atoms with E-state index >= 15 is 0 Å². The topological polar surface area (TPSA) is 69.9 Å². The van der Waals surface area contributed by atoms with E-state index in [-0.39, 0.29) is 5.91 Å². The van der Waals surface area contributed by atoms with E-state index in [4.69, 9.17) is 21.1 Å². The maximum Gasteiger partial charge on any atom is 0.255 e. The molecule has 0 bridgehead atoms. The number of benzene rings is 2. The van der Waals surface area contributed by atoms with Crippen LogP contribution in [0.4, 0.5) is 5.69 Å². The molecule has 162 valence electrons. The highest BCUT2D eigenvalue weighted by Crippen LogP contribution is 2.43. The maximum atomic E-state index is 13.1. The number of thioether (sulfide) groups is 1. The molecule has 2 aromatic carbocycles. The molecule has 2 N–H and O–H groups in total. The average molecular weight is 465 g/mol. The predicted molar refractivity (Wildman–Crippen MR) is 130 cm³/mol. The van der Waals surface area contributed by atoms with Crippen molar-refractivity contribution in [1.29, 1.82) is 0 Å². The van der Waals surface area contributed by atoms with Crippen molar-refractivity contribution in [3.05, 3.63) is 89.2 Å². The van der Waals surface area contributed by atoms with Gasteiger partial charge in [-0.05, 0) is 42.8 Å². The van der Waals surface area contributed by atoms with Crippen molar-refractivity contribution in [1.82, 2.24) is 10.3 Å². The number of aryl methyl sites for hydroxylation is 1. The third-order valence-electron chi connectivity index (χ3n) is 5.46. The molecule has 1 aromatic heterocycles. The van der Waals surface area contributed by atoms with Crippen molar-refractivity contribution in [3.8, 4) is 11.3 Å². The van der Waals surface area contributed by atoms with Crippen LogP contribution < -0.4 is 10.6 Å². The van der Waals surface area contributed by atoms with Crippen LogP contribution in [0, 0.1) is 6.92 Å². The first-order valence-corrected chi connectivity index (χ1v) is 11.5. The Morgan fingerprint density at radius 2 is 2.09 bits per heavy atom. The quantitative estimate of drug-likeness (QED) is 0.485. The molecular formula is C24H21ClN4O2S. The van der Waals surface area contributed by atoms with Gasteiger partial charge >= 0.3 is 0 Å². The van der Waals surface area contributed by atoms with Crippen molar-refractivity contribution >= 4 is 40.1 Å². The Labute approximate surface area is 195 Å². The minimum Gasteiger partial charge on any atom is -0.457 e. The molecule has 32 heavy (non-hydrogen) atoms. The van der Waals surface area contributed by atoms with E-state index in [9.17, 15) is 4.79 Å². The number of nitrogens with zero attached hydrogens (tertiary/aromatic N) is 2. The fourth-order valence-electron chi connectivity index (χ4n) is 3.96. The summed E-state index contributed by atoms with van der Waals surface area (Å²) in [6.45, 7) is 5.76. The number of furan rings is 1. The molecule has 0 aliphatic carbocycles. The molecule has 1 amide bonds. The predicted octanol–water partition coefficient (Wildman–Crippen LogP) is 5.70. The summed E-state index contributed by atoms with van der Waals surface area (Å²) in [6, 6.07) is 16.8. The van der Waals surface area contributed by atoms with Crippen molar-refractivity contribution in [3.63, 3.8) is 0 Å². The maximum absolute atomic E-state index is 13.1. The van der Waals surface area contributed by atoms with Crippen LogP contribution in [-0.4, -0.2) is 21.8 Å². The number of para-hydroxylation sites is 1. The Bertz CT molecular complexity index is 1240. The first-order chi connectivity index (χ1) is 15.5. The molecule has 6 nitrogen and oxygen atoms in total. The zero-order valence-electron chi connectivity index (χ0n) is 17.3. The number of hydrazone groups is 1. The van der Waals surface area contributed by atoms with E-state index in [1.807, 2.05) is 61.5 Å². The summed E-state index contributed by atoms with van der Waals surface area (Å²) in [5.41, 5.74) is 3.74. The second-order valence-corrected chi connectivity index (χ2v) is 9.02. The van der Waals surface area contributed by atoms with Gasteiger partial charge in [-0.25, -0.2) is 5.01 Å². The number of amidine groups is 1. The first-order valence-electron chi connectivity index (χ1n) is 10.2. The molecule has 5 rings (SSSR count). The molecule has 2 aliphatic rings. The number of carbonyl (C=O) groups is 1. The second-order valence-electron chi connectivity index (χ2n) is 7.57. The van der Waals surface area contributed by atoms with Crippen molar-refractivity contribution < 1.29 is 9.21 Å². The number of hydrogen-bond donors (Lipinski definition) is 2. The van der Waals surface area contributed by atoms with Gasteiger partial charge in [0.1, 0.15) is 11.5 Å². The number of nitrogens with one attached hydrogen (secondary N) is 2. The second kappa shape index (κ2) is 8.41. The molecule has 2 unspecified atom stereocenters. The van der Waals surface area contributed by atoms with E-state index < -0.39 is 12.2 Å². The highest BCUT2D eigenvalue weighted by molar-refractivity contribution is 8.14. The molecule has 0 fully saturated rings. The van der Waals surface area contributed by atoms with Crippen LogP contribution in [0.2, 0.25) is 5.02 Å². The highest BCUT2D eigenvalue weighted by atomic mass is 35.5. The third-order valence-corrected chi connectivity index (χ3v) is 6.56. The van der Waals surface area contributed by atoms with Gasteiger partial charge in [0.15, 0.2) is 17.4 Å². The van der Waals surface area contributed by atoms with Crippen LogP contribution in [0.1, 0.15) is 29.1 Å².